The van der Waals surface area contributed by atoms with Gasteiger partial charge >= 0.3 is 0 Å². The molecule has 1 atom stereocenters. The van der Waals surface area contributed by atoms with E-state index in [2.05, 4.69) is 5.32 Å². The van der Waals surface area contributed by atoms with Gasteiger partial charge in [0.25, 0.3) is 5.91 Å². The summed E-state index contributed by atoms with van der Waals surface area (Å²) in [4.78, 5) is 12.2. The van der Waals surface area contributed by atoms with E-state index in [1.807, 2.05) is 18.2 Å². The fourth-order valence-corrected chi connectivity index (χ4v) is 4.16. The molecule has 0 spiro atoms. The number of carbonyl (C=O) groups excluding carboxylic acids is 1. The first-order chi connectivity index (χ1) is 12.5. The highest BCUT2D eigenvalue weighted by Gasteiger charge is 2.31. The smallest absolute Gasteiger partial charge is 0.264 e. The van der Waals surface area contributed by atoms with Gasteiger partial charge in [-0.05, 0) is 43.3 Å². The SMILES string of the molecule is O=C1C(CS(=O)(=O)c2cccc(Oc3ccccc3)c2)NCCCN1O. The number of sulfone groups is 1. The normalized spacial score (nSPS) is 18.4. The number of nitrogens with zero attached hydrogens (tertiary/aromatic N) is 1. The average molecular weight is 376 g/mol. The van der Waals surface area contributed by atoms with Crippen molar-refractivity contribution in [2.75, 3.05) is 18.8 Å². The summed E-state index contributed by atoms with van der Waals surface area (Å²) in [5, 5.41) is 13.1. The standard InChI is InChI=1S/C18H20N2O5S/c21-18-17(19-10-5-11-20(18)22)13-26(23,24)16-9-4-8-15(12-16)25-14-6-2-1-3-7-14/h1-4,6-9,12,17,19,22H,5,10-11,13H2. The fraction of sp³-hybridized carbons (Fsp3) is 0.278. The molecule has 8 heteroatoms. The molecule has 0 radical (unpaired) electrons. The number of hydroxylamine groups is 2. The minimum atomic E-state index is -3.75. The summed E-state index contributed by atoms with van der Waals surface area (Å²) in [7, 11) is -3.75. The second-order valence-electron chi connectivity index (χ2n) is 5.99. The molecule has 1 aliphatic heterocycles. The van der Waals surface area contributed by atoms with E-state index < -0.39 is 27.5 Å². The van der Waals surface area contributed by atoms with Crippen LogP contribution in [0.15, 0.2) is 59.5 Å². The van der Waals surface area contributed by atoms with E-state index in [-0.39, 0.29) is 11.4 Å². The molecule has 1 fully saturated rings. The second-order valence-corrected chi connectivity index (χ2v) is 8.03. The van der Waals surface area contributed by atoms with Gasteiger partial charge in [-0.25, -0.2) is 13.5 Å². The Kier molecular flexibility index (Phi) is 5.55. The van der Waals surface area contributed by atoms with E-state index in [1.54, 1.807) is 24.3 Å². The van der Waals surface area contributed by atoms with Gasteiger partial charge in [0.05, 0.1) is 10.6 Å². The van der Waals surface area contributed by atoms with Crippen LogP contribution in [0.2, 0.25) is 0 Å². The van der Waals surface area contributed by atoms with Crippen LogP contribution in [0.1, 0.15) is 6.42 Å². The summed E-state index contributed by atoms with van der Waals surface area (Å²) in [6, 6.07) is 14.2. The maximum Gasteiger partial charge on any atom is 0.264 e. The van der Waals surface area contributed by atoms with Crippen molar-refractivity contribution >= 4 is 15.7 Å². The summed E-state index contributed by atoms with van der Waals surface area (Å²) in [6.45, 7) is 0.642. The highest BCUT2D eigenvalue weighted by atomic mass is 32.2. The van der Waals surface area contributed by atoms with Gasteiger partial charge in [-0.3, -0.25) is 10.0 Å². The molecule has 0 bridgehead atoms. The third kappa shape index (κ3) is 4.40. The first kappa shape index (κ1) is 18.4. The molecular formula is C18H20N2O5S. The molecule has 0 aromatic heterocycles. The lowest BCUT2D eigenvalue weighted by Crippen LogP contribution is -2.46. The molecule has 1 amide bonds. The van der Waals surface area contributed by atoms with Crippen molar-refractivity contribution < 1.29 is 23.2 Å². The maximum atomic E-state index is 12.7. The van der Waals surface area contributed by atoms with Crippen LogP contribution in [0, 0.1) is 0 Å². The molecule has 138 valence electrons. The van der Waals surface area contributed by atoms with Crippen LogP contribution in [-0.2, 0) is 14.6 Å². The van der Waals surface area contributed by atoms with Crippen LogP contribution in [0.5, 0.6) is 11.5 Å². The Bertz CT molecular complexity index is 870. The molecule has 2 aromatic carbocycles. The Morgan fingerprint density at radius 2 is 1.85 bits per heavy atom. The Hall–Kier alpha value is -2.42. The van der Waals surface area contributed by atoms with Gasteiger partial charge in [0.1, 0.15) is 17.5 Å². The van der Waals surface area contributed by atoms with Gasteiger partial charge in [-0.15, -0.1) is 0 Å². The summed E-state index contributed by atoms with van der Waals surface area (Å²) < 4.78 is 31.1. The minimum absolute atomic E-state index is 0.0641. The molecule has 0 saturated carbocycles. The average Bonchev–Trinajstić information content (AvgIpc) is 2.78. The third-order valence-corrected chi connectivity index (χ3v) is 5.76. The van der Waals surface area contributed by atoms with Gasteiger partial charge in [-0.1, -0.05) is 24.3 Å². The molecule has 1 unspecified atom stereocenters. The predicted molar refractivity (Wildman–Crippen MR) is 94.9 cm³/mol. The van der Waals surface area contributed by atoms with Gasteiger partial charge < -0.3 is 10.1 Å². The Morgan fingerprint density at radius 1 is 1.12 bits per heavy atom. The van der Waals surface area contributed by atoms with Crippen molar-refractivity contribution in [3.63, 3.8) is 0 Å². The van der Waals surface area contributed by atoms with E-state index in [1.165, 1.54) is 12.1 Å². The van der Waals surface area contributed by atoms with Crippen molar-refractivity contribution in [3.05, 3.63) is 54.6 Å². The molecule has 1 saturated heterocycles. The fourth-order valence-electron chi connectivity index (χ4n) is 2.68. The number of carbonyl (C=O) groups is 1. The Labute approximate surface area is 152 Å². The number of nitrogens with one attached hydrogen (secondary N) is 1. The van der Waals surface area contributed by atoms with Gasteiger partial charge in [0.2, 0.25) is 0 Å². The first-order valence-corrected chi connectivity index (χ1v) is 9.90. The number of hydrogen-bond donors (Lipinski definition) is 2. The summed E-state index contributed by atoms with van der Waals surface area (Å²) >= 11 is 0. The Morgan fingerprint density at radius 3 is 2.62 bits per heavy atom. The van der Waals surface area contributed by atoms with Crippen LogP contribution in [0.4, 0.5) is 0 Å². The molecule has 1 aliphatic rings. The minimum Gasteiger partial charge on any atom is -0.457 e. The zero-order valence-electron chi connectivity index (χ0n) is 14.0. The molecule has 2 aromatic rings. The quantitative estimate of drug-likeness (QED) is 0.773. The van der Waals surface area contributed by atoms with E-state index in [0.29, 0.717) is 29.5 Å². The number of para-hydroxylation sites is 1. The number of hydrogen-bond acceptors (Lipinski definition) is 6. The summed E-state index contributed by atoms with van der Waals surface area (Å²) in [6.07, 6.45) is 0.555. The molecular weight excluding hydrogens is 356 g/mol. The van der Waals surface area contributed by atoms with Crippen molar-refractivity contribution in [3.8, 4) is 11.5 Å². The van der Waals surface area contributed by atoms with Crippen molar-refractivity contribution in [2.45, 2.75) is 17.4 Å². The third-order valence-electron chi connectivity index (χ3n) is 4.02. The summed E-state index contributed by atoms with van der Waals surface area (Å²) in [5.74, 6) is -0.0833. The van der Waals surface area contributed by atoms with Crippen LogP contribution >= 0.6 is 0 Å². The monoisotopic (exact) mass is 376 g/mol. The zero-order chi connectivity index (χ0) is 18.6. The van der Waals surface area contributed by atoms with E-state index in [9.17, 15) is 18.4 Å². The molecule has 7 nitrogen and oxygen atoms in total. The molecule has 0 aliphatic carbocycles. The van der Waals surface area contributed by atoms with Crippen molar-refractivity contribution in [1.29, 1.82) is 0 Å². The van der Waals surface area contributed by atoms with Crippen LogP contribution in [0.3, 0.4) is 0 Å². The largest absolute Gasteiger partial charge is 0.457 e. The second kappa shape index (κ2) is 7.86. The van der Waals surface area contributed by atoms with E-state index in [0.717, 1.165) is 0 Å². The van der Waals surface area contributed by atoms with Crippen LogP contribution < -0.4 is 10.1 Å². The molecule has 2 N–H and O–H groups in total. The van der Waals surface area contributed by atoms with E-state index in [4.69, 9.17) is 4.74 Å². The lowest BCUT2D eigenvalue weighted by atomic mass is 10.3. The van der Waals surface area contributed by atoms with Crippen LogP contribution in [0.25, 0.3) is 0 Å². The summed E-state index contributed by atoms with van der Waals surface area (Å²) in [5.41, 5.74) is 0. The molecule has 3 rings (SSSR count). The topological polar surface area (TPSA) is 95.9 Å². The lowest BCUT2D eigenvalue weighted by molar-refractivity contribution is -0.165. The molecule has 1 heterocycles. The van der Waals surface area contributed by atoms with Gasteiger partial charge in [0.15, 0.2) is 9.84 Å². The highest BCUT2D eigenvalue weighted by Crippen LogP contribution is 2.24. The highest BCUT2D eigenvalue weighted by molar-refractivity contribution is 7.91. The Balaban J connectivity index is 1.78. The number of rotatable bonds is 5. The molecule has 26 heavy (non-hydrogen) atoms. The number of amides is 1. The van der Waals surface area contributed by atoms with Gasteiger partial charge in [-0.2, -0.15) is 0 Å². The van der Waals surface area contributed by atoms with Crippen molar-refractivity contribution in [2.24, 2.45) is 0 Å². The van der Waals surface area contributed by atoms with E-state index >= 15 is 0 Å². The zero-order valence-corrected chi connectivity index (χ0v) is 14.9. The van der Waals surface area contributed by atoms with Gasteiger partial charge in [0, 0.05) is 6.54 Å². The van der Waals surface area contributed by atoms with Crippen molar-refractivity contribution in [1.82, 2.24) is 10.4 Å². The van der Waals surface area contributed by atoms with Crippen LogP contribution in [-0.4, -0.2) is 49.5 Å². The maximum absolute atomic E-state index is 12.7. The predicted octanol–water partition coefficient (Wildman–Crippen LogP) is 1.83. The number of ether oxygens (including phenoxy) is 1. The lowest BCUT2D eigenvalue weighted by Gasteiger charge is -2.18. The first-order valence-electron chi connectivity index (χ1n) is 8.25. The number of benzene rings is 2.